The van der Waals surface area contributed by atoms with E-state index < -0.39 is 0 Å². The van der Waals surface area contributed by atoms with Crippen LogP contribution < -0.4 is 10.6 Å². The van der Waals surface area contributed by atoms with Gasteiger partial charge in [-0.05, 0) is 44.3 Å². The van der Waals surface area contributed by atoms with Crippen molar-refractivity contribution in [3.63, 3.8) is 0 Å². The first kappa shape index (κ1) is 12.8. The minimum Gasteiger partial charge on any atom is -0.379 e. The summed E-state index contributed by atoms with van der Waals surface area (Å²) < 4.78 is 0. The number of hydrogen-bond donors (Lipinski definition) is 2. The highest BCUT2D eigenvalue weighted by Crippen LogP contribution is 2.28. The molecule has 1 fully saturated rings. The fraction of sp³-hybridized carbons (Fsp3) is 0.538. The zero-order chi connectivity index (χ0) is 13.0. The van der Waals surface area contributed by atoms with Gasteiger partial charge in [-0.1, -0.05) is 12.1 Å². The molecule has 0 aliphatic carbocycles. The van der Waals surface area contributed by atoms with Crippen LogP contribution in [0.4, 0.5) is 11.4 Å². The maximum absolute atomic E-state index is 11.0. The van der Waals surface area contributed by atoms with Crippen molar-refractivity contribution < 1.29 is 4.92 Å². The maximum Gasteiger partial charge on any atom is 0.292 e. The summed E-state index contributed by atoms with van der Waals surface area (Å²) in [5.41, 5.74) is 1.75. The van der Waals surface area contributed by atoms with Crippen LogP contribution in [0.25, 0.3) is 0 Å². The molecule has 18 heavy (non-hydrogen) atoms. The van der Waals surface area contributed by atoms with Crippen molar-refractivity contribution >= 4 is 11.4 Å². The zero-order valence-corrected chi connectivity index (χ0v) is 10.6. The Morgan fingerprint density at radius 1 is 1.56 bits per heavy atom. The number of benzene rings is 1. The van der Waals surface area contributed by atoms with E-state index in [1.807, 2.05) is 13.0 Å². The molecule has 0 amide bonds. The molecule has 2 rings (SSSR count). The highest BCUT2D eigenvalue weighted by Gasteiger charge is 2.18. The standard InChI is InChI=1S/C13H19N3O2/c1-10-4-2-6-12(16(17)18)13(10)15-9-11-5-3-7-14-8-11/h2,4,6,11,14-15H,3,5,7-9H2,1H3. The number of rotatable bonds is 4. The number of hydrogen-bond acceptors (Lipinski definition) is 4. The topological polar surface area (TPSA) is 67.2 Å². The first-order chi connectivity index (χ1) is 8.68. The van der Waals surface area contributed by atoms with Crippen molar-refractivity contribution in [1.82, 2.24) is 5.32 Å². The number of para-hydroxylation sites is 1. The zero-order valence-electron chi connectivity index (χ0n) is 10.6. The van der Waals surface area contributed by atoms with E-state index in [0.29, 0.717) is 11.6 Å². The number of piperidine rings is 1. The van der Waals surface area contributed by atoms with Gasteiger partial charge in [0.15, 0.2) is 0 Å². The van der Waals surface area contributed by atoms with Crippen molar-refractivity contribution in [2.24, 2.45) is 5.92 Å². The molecule has 1 aliphatic heterocycles. The molecule has 2 N–H and O–H groups in total. The Bertz CT molecular complexity index is 428. The number of aryl methyl sites for hydroxylation is 1. The van der Waals surface area contributed by atoms with Crippen molar-refractivity contribution in [3.8, 4) is 0 Å². The lowest BCUT2D eigenvalue weighted by atomic mass is 9.99. The second-order valence-electron chi connectivity index (χ2n) is 4.82. The van der Waals surface area contributed by atoms with E-state index in [9.17, 15) is 10.1 Å². The predicted molar refractivity (Wildman–Crippen MR) is 71.9 cm³/mol. The molecular formula is C13H19N3O2. The third-order valence-corrected chi connectivity index (χ3v) is 3.41. The normalized spacial score (nSPS) is 19.5. The summed E-state index contributed by atoms with van der Waals surface area (Å²) in [6, 6.07) is 5.17. The largest absolute Gasteiger partial charge is 0.379 e. The summed E-state index contributed by atoms with van der Waals surface area (Å²) in [5, 5.41) is 17.6. The maximum atomic E-state index is 11.0. The third kappa shape index (κ3) is 2.98. The molecule has 0 aromatic heterocycles. The number of nitrogens with zero attached hydrogens (tertiary/aromatic N) is 1. The van der Waals surface area contributed by atoms with Crippen molar-refractivity contribution in [2.45, 2.75) is 19.8 Å². The van der Waals surface area contributed by atoms with E-state index >= 15 is 0 Å². The second-order valence-corrected chi connectivity index (χ2v) is 4.82. The van der Waals surface area contributed by atoms with Crippen LogP contribution in [0.5, 0.6) is 0 Å². The minimum atomic E-state index is -0.325. The number of nitrogens with one attached hydrogen (secondary N) is 2. The summed E-state index contributed by atoms with van der Waals surface area (Å²) >= 11 is 0. The fourth-order valence-electron chi connectivity index (χ4n) is 2.38. The molecule has 1 aromatic rings. The first-order valence-corrected chi connectivity index (χ1v) is 6.37. The Hall–Kier alpha value is -1.62. The summed E-state index contributed by atoms with van der Waals surface area (Å²) in [4.78, 5) is 10.7. The summed E-state index contributed by atoms with van der Waals surface area (Å²) in [6.45, 7) is 4.76. The molecule has 0 saturated carbocycles. The lowest BCUT2D eigenvalue weighted by molar-refractivity contribution is -0.384. The van der Waals surface area contributed by atoms with Gasteiger partial charge < -0.3 is 10.6 Å². The SMILES string of the molecule is Cc1cccc([N+](=O)[O-])c1NCC1CCCNC1. The van der Waals surface area contributed by atoms with Crippen LogP contribution in [0.2, 0.25) is 0 Å². The molecule has 5 nitrogen and oxygen atoms in total. The van der Waals surface area contributed by atoms with Crippen LogP contribution in [0.1, 0.15) is 18.4 Å². The Kier molecular flexibility index (Phi) is 4.15. The second kappa shape index (κ2) is 5.82. The Labute approximate surface area is 107 Å². The Balaban J connectivity index is 2.05. The van der Waals surface area contributed by atoms with E-state index in [2.05, 4.69) is 10.6 Å². The van der Waals surface area contributed by atoms with Crippen molar-refractivity contribution in [3.05, 3.63) is 33.9 Å². The number of anilines is 1. The van der Waals surface area contributed by atoms with Gasteiger partial charge in [0.1, 0.15) is 5.69 Å². The van der Waals surface area contributed by atoms with Gasteiger partial charge in [-0.25, -0.2) is 0 Å². The quantitative estimate of drug-likeness (QED) is 0.634. The van der Waals surface area contributed by atoms with Crippen LogP contribution in [0.3, 0.4) is 0 Å². The third-order valence-electron chi connectivity index (χ3n) is 3.41. The van der Waals surface area contributed by atoms with Gasteiger partial charge in [0, 0.05) is 12.6 Å². The van der Waals surface area contributed by atoms with E-state index in [-0.39, 0.29) is 10.6 Å². The molecule has 5 heteroatoms. The molecule has 1 atom stereocenters. The van der Waals surface area contributed by atoms with Gasteiger partial charge in [0.2, 0.25) is 0 Å². The van der Waals surface area contributed by atoms with Crippen LogP contribution in [-0.4, -0.2) is 24.6 Å². The molecule has 0 bridgehead atoms. The lowest BCUT2D eigenvalue weighted by Crippen LogP contribution is -2.33. The average Bonchev–Trinajstić information content (AvgIpc) is 2.38. The summed E-state index contributed by atoms with van der Waals surface area (Å²) in [5.74, 6) is 0.554. The summed E-state index contributed by atoms with van der Waals surface area (Å²) in [6.07, 6.45) is 2.36. The van der Waals surface area contributed by atoms with E-state index in [1.54, 1.807) is 12.1 Å². The van der Waals surface area contributed by atoms with Gasteiger partial charge in [-0.2, -0.15) is 0 Å². The van der Waals surface area contributed by atoms with Crippen LogP contribution >= 0.6 is 0 Å². The van der Waals surface area contributed by atoms with Crippen molar-refractivity contribution in [2.75, 3.05) is 25.0 Å². The van der Waals surface area contributed by atoms with Gasteiger partial charge >= 0.3 is 0 Å². The highest BCUT2D eigenvalue weighted by atomic mass is 16.6. The van der Waals surface area contributed by atoms with Crippen molar-refractivity contribution in [1.29, 1.82) is 0 Å². The molecule has 98 valence electrons. The van der Waals surface area contributed by atoms with Gasteiger partial charge in [0.25, 0.3) is 5.69 Å². The van der Waals surface area contributed by atoms with Gasteiger partial charge in [-0.15, -0.1) is 0 Å². The van der Waals surface area contributed by atoms with Crippen LogP contribution in [0.15, 0.2) is 18.2 Å². The average molecular weight is 249 g/mol. The molecule has 1 heterocycles. The highest BCUT2D eigenvalue weighted by molar-refractivity contribution is 5.65. The Morgan fingerprint density at radius 2 is 2.39 bits per heavy atom. The molecule has 1 aromatic carbocycles. The fourth-order valence-corrected chi connectivity index (χ4v) is 2.38. The molecule has 0 spiro atoms. The minimum absolute atomic E-state index is 0.166. The van der Waals surface area contributed by atoms with Gasteiger partial charge in [-0.3, -0.25) is 10.1 Å². The predicted octanol–water partition coefficient (Wildman–Crippen LogP) is 2.31. The number of nitro groups is 1. The smallest absolute Gasteiger partial charge is 0.292 e. The lowest BCUT2D eigenvalue weighted by Gasteiger charge is -2.23. The van der Waals surface area contributed by atoms with Crippen LogP contribution in [-0.2, 0) is 0 Å². The van der Waals surface area contributed by atoms with E-state index in [1.165, 1.54) is 12.8 Å². The first-order valence-electron chi connectivity index (χ1n) is 6.37. The summed E-state index contributed by atoms with van der Waals surface area (Å²) in [7, 11) is 0. The van der Waals surface area contributed by atoms with E-state index in [4.69, 9.17) is 0 Å². The van der Waals surface area contributed by atoms with Crippen LogP contribution in [0, 0.1) is 23.0 Å². The Morgan fingerprint density at radius 3 is 3.06 bits per heavy atom. The van der Waals surface area contributed by atoms with E-state index in [0.717, 1.165) is 25.2 Å². The van der Waals surface area contributed by atoms with Gasteiger partial charge in [0.05, 0.1) is 4.92 Å². The molecule has 1 unspecified atom stereocenters. The molecule has 0 radical (unpaired) electrons. The molecule has 1 aliphatic rings. The monoisotopic (exact) mass is 249 g/mol. The molecular weight excluding hydrogens is 230 g/mol. The number of nitro benzene ring substituents is 1. The molecule has 1 saturated heterocycles.